The van der Waals surface area contributed by atoms with Crippen molar-refractivity contribution in [2.24, 2.45) is 15.5 Å². The lowest BCUT2D eigenvalue weighted by Crippen LogP contribution is -1.67. The van der Waals surface area contributed by atoms with Crippen LogP contribution in [0.15, 0.2) is 33.7 Å². The van der Waals surface area contributed by atoms with Crippen molar-refractivity contribution in [3.63, 3.8) is 0 Å². The molecule has 60 valence electrons. The van der Waals surface area contributed by atoms with E-state index in [2.05, 4.69) is 15.5 Å². The normalized spacial score (nSPS) is 9.00. The van der Waals surface area contributed by atoms with E-state index in [-0.39, 0.29) is 17.1 Å². The maximum Gasteiger partial charge on any atom is 0.166 e. The van der Waals surface area contributed by atoms with E-state index in [1.807, 2.05) is 0 Å². The van der Waals surface area contributed by atoms with E-state index < -0.39 is 0 Å². The molecule has 0 aliphatic rings. The Bertz CT molecular complexity index is 311. The first-order valence-electron chi connectivity index (χ1n) is 2.96. The monoisotopic (exact) mass is 165 g/mol. The maximum atomic E-state index is 10.1. The first kappa shape index (κ1) is 8.12. The summed E-state index contributed by atoms with van der Waals surface area (Å²) in [6.07, 6.45) is 0. The van der Waals surface area contributed by atoms with Gasteiger partial charge in [-0.15, -0.1) is 14.7 Å². The molecule has 0 saturated carbocycles. The van der Waals surface area contributed by atoms with Gasteiger partial charge in [0, 0.05) is 0 Å². The first-order chi connectivity index (χ1) is 5.83. The van der Waals surface area contributed by atoms with Crippen molar-refractivity contribution < 1.29 is 0 Å². The topological polar surface area (TPSA) is 88.3 Å². The summed E-state index contributed by atoms with van der Waals surface area (Å²) in [6.45, 7) is 0. The van der Waals surface area contributed by atoms with Crippen LogP contribution in [-0.4, -0.2) is 0 Å². The summed E-state index contributed by atoms with van der Waals surface area (Å²) in [4.78, 5) is 30.2. The van der Waals surface area contributed by atoms with Crippen LogP contribution in [-0.2, 0) is 0 Å². The summed E-state index contributed by atoms with van der Waals surface area (Å²) >= 11 is 0. The quantitative estimate of drug-likeness (QED) is 0.645. The van der Waals surface area contributed by atoms with E-state index in [1.54, 1.807) is 0 Å². The molecular formula is C6H3N3O3. The lowest BCUT2D eigenvalue weighted by molar-refractivity contribution is 1.38. The average Bonchev–Trinajstić information content (AvgIpc) is 2.16. The van der Waals surface area contributed by atoms with E-state index in [1.165, 1.54) is 18.2 Å². The molecule has 0 aliphatic heterocycles. The minimum absolute atomic E-state index is 0.179. The van der Waals surface area contributed by atoms with Crippen LogP contribution in [0.25, 0.3) is 0 Å². The van der Waals surface area contributed by atoms with Gasteiger partial charge in [0.1, 0.15) is 11.4 Å². The minimum Gasteiger partial charge on any atom is -0.145 e. The second kappa shape index (κ2) is 3.42. The van der Waals surface area contributed by atoms with Crippen LogP contribution in [0, 0.1) is 14.7 Å². The predicted molar refractivity (Wildman–Crippen MR) is 42.8 cm³/mol. The Morgan fingerprint density at radius 1 is 0.833 bits per heavy atom. The third-order valence-corrected chi connectivity index (χ3v) is 1.28. The standard InChI is InChI=1S/C6H3N3O3/c10-7-4-2-1-3-5(8-11)6(4)9-12/h1-3H. The number of hydrogen-bond donors (Lipinski definition) is 0. The molecule has 0 N–H and O–H groups in total. The van der Waals surface area contributed by atoms with Crippen molar-refractivity contribution in [3.05, 3.63) is 32.9 Å². The maximum absolute atomic E-state index is 10.1. The highest BCUT2D eigenvalue weighted by molar-refractivity contribution is 5.74. The largest absolute Gasteiger partial charge is 0.166 e. The molecule has 1 aromatic rings. The molecule has 0 bridgehead atoms. The van der Waals surface area contributed by atoms with Gasteiger partial charge in [0.15, 0.2) is 5.69 Å². The van der Waals surface area contributed by atoms with Crippen molar-refractivity contribution in [1.29, 1.82) is 0 Å². The molecule has 1 aromatic carbocycles. The Morgan fingerprint density at radius 3 is 1.67 bits per heavy atom. The Balaban J connectivity index is 3.40. The summed E-state index contributed by atoms with van der Waals surface area (Å²) in [7, 11) is 0. The molecule has 0 fully saturated rings. The van der Waals surface area contributed by atoms with Crippen molar-refractivity contribution in [1.82, 2.24) is 0 Å². The highest BCUT2D eigenvalue weighted by atomic mass is 16.3. The Labute approximate surface area is 66.5 Å². The average molecular weight is 165 g/mol. The molecule has 0 aromatic heterocycles. The zero-order valence-corrected chi connectivity index (χ0v) is 5.80. The molecule has 6 heteroatoms. The molecule has 0 atom stereocenters. The van der Waals surface area contributed by atoms with Crippen LogP contribution in [0.1, 0.15) is 0 Å². The molecule has 0 amide bonds. The van der Waals surface area contributed by atoms with Gasteiger partial charge in [-0.3, -0.25) is 0 Å². The molecule has 0 spiro atoms. The second-order valence-corrected chi connectivity index (χ2v) is 1.92. The zero-order valence-electron chi connectivity index (χ0n) is 5.80. The molecular weight excluding hydrogens is 162 g/mol. The van der Waals surface area contributed by atoms with Gasteiger partial charge < -0.3 is 0 Å². The highest BCUT2D eigenvalue weighted by Gasteiger charge is 2.09. The van der Waals surface area contributed by atoms with Gasteiger partial charge in [-0.1, -0.05) is 6.07 Å². The van der Waals surface area contributed by atoms with Gasteiger partial charge in [-0.05, 0) is 27.7 Å². The van der Waals surface area contributed by atoms with E-state index in [0.29, 0.717) is 0 Å². The third kappa shape index (κ3) is 1.22. The van der Waals surface area contributed by atoms with Crippen LogP contribution >= 0.6 is 0 Å². The van der Waals surface area contributed by atoms with Gasteiger partial charge in [0.25, 0.3) is 0 Å². The van der Waals surface area contributed by atoms with E-state index >= 15 is 0 Å². The molecule has 0 aliphatic carbocycles. The molecule has 0 radical (unpaired) electrons. The fourth-order valence-electron chi connectivity index (χ4n) is 0.760. The van der Waals surface area contributed by atoms with Gasteiger partial charge in [-0.25, -0.2) is 0 Å². The fraction of sp³-hybridized carbons (Fsp3) is 0. The molecule has 0 heterocycles. The van der Waals surface area contributed by atoms with Crippen molar-refractivity contribution in [3.8, 4) is 0 Å². The second-order valence-electron chi connectivity index (χ2n) is 1.92. The summed E-state index contributed by atoms with van der Waals surface area (Å²) in [5.74, 6) is 0. The van der Waals surface area contributed by atoms with Crippen LogP contribution in [0.5, 0.6) is 0 Å². The Kier molecular flexibility index (Phi) is 2.32. The number of rotatable bonds is 3. The number of nitroso groups, excluding NO2 is 3. The summed E-state index contributed by atoms with van der Waals surface area (Å²) < 4.78 is 0. The number of nitrogens with zero attached hydrogens (tertiary/aromatic N) is 3. The SMILES string of the molecule is O=Nc1cccc(N=O)c1N=O. The van der Waals surface area contributed by atoms with Crippen molar-refractivity contribution in [2.75, 3.05) is 0 Å². The third-order valence-electron chi connectivity index (χ3n) is 1.28. The van der Waals surface area contributed by atoms with Gasteiger partial charge in [-0.2, -0.15) is 0 Å². The first-order valence-corrected chi connectivity index (χ1v) is 2.96. The van der Waals surface area contributed by atoms with E-state index in [9.17, 15) is 14.7 Å². The van der Waals surface area contributed by atoms with Crippen LogP contribution in [0.2, 0.25) is 0 Å². The number of benzene rings is 1. The summed E-state index contributed by atoms with van der Waals surface area (Å²) in [6, 6.07) is 3.94. The molecule has 0 saturated heterocycles. The Morgan fingerprint density at radius 2 is 1.33 bits per heavy atom. The van der Waals surface area contributed by atoms with Gasteiger partial charge in [0.05, 0.1) is 0 Å². The van der Waals surface area contributed by atoms with Crippen molar-refractivity contribution >= 4 is 17.1 Å². The number of hydrogen-bond acceptors (Lipinski definition) is 6. The van der Waals surface area contributed by atoms with E-state index in [4.69, 9.17) is 0 Å². The van der Waals surface area contributed by atoms with Crippen LogP contribution in [0.3, 0.4) is 0 Å². The molecule has 1 rings (SSSR count). The lowest BCUT2D eigenvalue weighted by Gasteiger charge is -1.93. The van der Waals surface area contributed by atoms with Crippen LogP contribution < -0.4 is 0 Å². The minimum atomic E-state index is -0.317. The smallest absolute Gasteiger partial charge is 0.145 e. The Hall–Kier alpha value is -1.98. The van der Waals surface area contributed by atoms with Crippen LogP contribution in [0.4, 0.5) is 17.1 Å². The molecule has 12 heavy (non-hydrogen) atoms. The summed E-state index contributed by atoms with van der Waals surface area (Å²) in [5.41, 5.74) is -0.674. The van der Waals surface area contributed by atoms with E-state index in [0.717, 1.165) is 0 Å². The van der Waals surface area contributed by atoms with Gasteiger partial charge >= 0.3 is 0 Å². The predicted octanol–water partition coefficient (Wildman–Crippen LogP) is 2.88. The van der Waals surface area contributed by atoms with Gasteiger partial charge in [0.2, 0.25) is 0 Å². The van der Waals surface area contributed by atoms with Crippen molar-refractivity contribution in [2.45, 2.75) is 0 Å². The highest BCUT2D eigenvalue weighted by Crippen LogP contribution is 2.36. The molecule has 6 nitrogen and oxygen atoms in total. The summed E-state index contributed by atoms with van der Waals surface area (Å²) in [5, 5.41) is 7.49. The lowest BCUT2D eigenvalue weighted by atomic mass is 10.2. The zero-order chi connectivity index (χ0) is 8.97. The molecule has 0 unspecified atom stereocenters. The fourth-order valence-corrected chi connectivity index (χ4v) is 0.760.